The molecule has 2 heterocycles. The normalized spacial score (nSPS) is 10.7. The molecule has 0 atom stereocenters. The molecular formula is C20H18N6O3S. The van der Waals surface area contributed by atoms with Crippen molar-refractivity contribution in [3.05, 3.63) is 54.6 Å². The van der Waals surface area contributed by atoms with E-state index in [4.69, 9.17) is 9.15 Å². The molecule has 0 aliphatic rings. The van der Waals surface area contributed by atoms with Crippen molar-refractivity contribution in [2.24, 2.45) is 7.05 Å². The number of para-hydroxylation sites is 1. The summed E-state index contributed by atoms with van der Waals surface area (Å²) in [5.74, 6) is 1.52. The highest BCUT2D eigenvalue weighted by Crippen LogP contribution is 2.30. The van der Waals surface area contributed by atoms with Gasteiger partial charge < -0.3 is 13.7 Å². The maximum absolute atomic E-state index is 12.3. The second-order valence-electron chi connectivity index (χ2n) is 6.18. The van der Waals surface area contributed by atoms with E-state index in [0.29, 0.717) is 22.6 Å². The Morgan fingerprint density at radius 3 is 2.63 bits per heavy atom. The molecule has 4 rings (SSSR count). The molecule has 2 aromatic carbocycles. The summed E-state index contributed by atoms with van der Waals surface area (Å²) < 4.78 is 12.7. The number of aromatic nitrogens is 5. The van der Waals surface area contributed by atoms with Crippen LogP contribution in [0, 0.1) is 0 Å². The number of carbonyl (C=O) groups is 1. The first kappa shape index (κ1) is 19.6. The summed E-state index contributed by atoms with van der Waals surface area (Å²) >= 11 is 1.25. The van der Waals surface area contributed by atoms with Crippen molar-refractivity contribution in [2.75, 3.05) is 18.2 Å². The zero-order valence-corrected chi connectivity index (χ0v) is 17.1. The van der Waals surface area contributed by atoms with Crippen molar-refractivity contribution in [3.8, 4) is 28.6 Å². The van der Waals surface area contributed by atoms with Crippen LogP contribution < -0.4 is 10.1 Å². The molecule has 0 fully saturated rings. The topological polar surface area (TPSA) is 108 Å². The van der Waals surface area contributed by atoms with E-state index in [1.165, 1.54) is 11.8 Å². The molecule has 0 aliphatic carbocycles. The largest absolute Gasteiger partial charge is 0.496 e. The third-order valence-electron chi connectivity index (χ3n) is 4.21. The van der Waals surface area contributed by atoms with Crippen molar-refractivity contribution in [1.82, 2.24) is 25.0 Å². The molecule has 0 unspecified atom stereocenters. The highest BCUT2D eigenvalue weighted by molar-refractivity contribution is 7.99. The van der Waals surface area contributed by atoms with Crippen LogP contribution in [0.1, 0.15) is 0 Å². The molecule has 0 bridgehead atoms. The van der Waals surface area contributed by atoms with E-state index in [1.54, 1.807) is 7.11 Å². The molecule has 4 aromatic rings. The summed E-state index contributed by atoms with van der Waals surface area (Å²) in [6.45, 7) is 0. The number of methoxy groups -OCH3 is 1. The van der Waals surface area contributed by atoms with E-state index in [0.717, 1.165) is 11.1 Å². The first-order valence-corrected chi connectivity index (χ1v) is 9.98. The maximum Gasteiger partial charge on any atom is 0.322 e. The van der Waals surface area contributed by atoms with Crippen molar-refractivity contribution in [3.63, 3.8) is 0 Å². The Hall–Kier alpha value is -3.66. The lowest BCUT2D eigenvalue weighted by Crippen LogP contribution is -2.14. The average Bonchev–Trinajstić information content (AvgIpc) is 3.39. The van der Waals surface area contributed by atoms with Gasteiger partial charge in [-0.2, -0.15) is 0 Å². The lowest BCUT2D eigenvalue weighted by Gasteiger charge is -2.08. The highest BCUT2D eigenvalue weighted by Gasteiger charge is 2.17. The average molecular weight is 422 g/mol. The number of thioether (sulfide) groups is 1. The molecule has 2 aromatic heterocycles. The summed E-state index contributed by atoms with van der Waals surface area (Å²) in [6, 6.07) is 16.9. The fraction of sp³-hybridized carbons (Fsp3) is 0.150. The molecule has 1 N–H and O–H groups in total. The maximum atomic E-state index is 12.3. The first-order valence-electron chi connectivity index (χ1n) is 9.00. The summed E-state index contributed by atoms with van der Waals surface area (Å²) in [7, 11) is 3.45. The number of anilines is 1. The van der Waals surface area contributed by atoms with E-state index in [-0.39, 0.29) is 17.7 Å². The molecule has 0 saturated heterocycles. The quantitative estimate of drug-likeness (QED) is 0.452. The van der Waals surface area contributed by atoms with Crippen molar-refractivity contribution >= 4 is 23.7 Å². The zero-order chi connectivity index (χ0) is 20.9. The third kappa shape index (κ3) is 4.18. The van der Waals surface area contributed by atoms with Crippen molar-refractivity contribution in [1.29, 1.82) is 0 Å². The number of benzene rings is 2. The van der Waals surface area contributed by atoms with Gasteiger partial charge in [-0.05, 0) is 24.3 Å². The number of amides is 1. The Labute approximate surface area is 176 Å². The lowest BCUT2D eigenvalue weighted by molar-refractivity contribution is -0.113. The van der Waals surface area contributed by atoms with Gasteiger partial charge in [0.1, 0.15) is 5.75 Å². The molecule has 152 valence electrons. The summed E-state index contributed by atoms with van der Waals surface area (Å²) in [5.41, 5.74) is 1.61. The van der Waals surface area contributed by atoms with Crippen molar-refractivity contribution < 1.29 is 13.9 Å². The Balaban J connectivity index is 1.39. The second-order valence-corrected chi connectivity index (χ2v) is 7.12. The minimum atomic E-state index is -0.287. The summed E-state index contributed by atoms with van der Waals surface area (Å²) in [4.78, 5) is 12.3. The SMILES string of the molecule is COc1ccccc1-c1nnc(SCC(=O)Nc2nnc(-c3ccccc3)o2)n1C. The highest BCUT2D eigenvalue weighted by atomic mass is 32.2. The molecule has 30 heavy (non-hydrogen) atoms. The Kier molecular flexibility index (Phi) is 5.75. The van der Waals surface area contributed by atoms with Crippen molar-refractivity contribution in [2.45, 2.75) is 5.16 Å². The van der Waals surface area contributed by atoms with Gasteiger partial charge in [0.15, 0.2) is 11.0 Å². The van der Waals surface area contributed by atoms with Gasteiger partial charge >= 0.3 is 6.01 Å². The van der Waals surface area contributed by atoms with Crippen LogP contribution in [0.3, 0.4) is 0 Å². The molecule has 9 nitrogen and oxygen atoms in total. The molecule has 1 amide bonds. The Morgan fingerprint density at radius 1 is 1.07 bits per heavy atom. The van der Waals surface area contributed by atoms with Gasteiger partial charge in [0, 0.05) is 12.6 Å². The fourth-order valence-electron chi connectivity index (χ4n) is 2.76. The van der Waals surface area contributed by atoms with Crippen LogP contribution in [0.15, 0.2) is 64.2 Å². The number of rotatable bonds is 7. The summed E-state index contributed by atoms with van der Waals surface area (Å²) in [6.07, 6.45) is 0. The Morgan fingerprint density at radius 2 is 1.83 bits per heavy atom. The lowest BCUT2D eigenvalue weighted by atomic mass is 10.2. The molecule has 0 radical (unpaired) electrons. The zero-order valence-electron chi connectivity index (χ0n) is 16.3. The van der Waals surface area contributed by atoms with Gasteiger partial charge in [-0.1, -0.05) is 47.2 Å². The predicted molar refractivity (Wildman–Crippen MR) is 112 cm³/mol. The van der Waals surface area contributed by atoms with Crippen LogP contribution >= 0.6 is 11.8 Å². The number of nitrogens with zero attached hydrogens (tertiary/aromatic N) is 5. The van der Waals surface area contributed by atoms with E-state index in [1.807, 2.05) is 66.2 Å². The standard InChI is InChI=1S/C20H18N6O3S/c1-26-17(14-10-6-7-11-15(14)28-2)22-25-20(26)30-12-16(27)21-19-24-23-18(29-19)13-8-4-3-5-9-13/h3-11H,12H2,1-2H3,(H,21,24,27). The van der Waals surface area contributed by atoms with E-state index < -0.39 is 0 Å². The number of hydrogen-bond acceptors (Lipinski definition) is 8. The smallest absolute Gasteiger partial charge is 0.322 e. The number of nitrogens with one attached hydrogen (secondary N) is 1. The fourth-order valence-corrected chi connectivity index (χ4v) is 3.47. The predicted octanol–water partition coefficient (Wildman–Crippen LogP) is 3.27. The molecule has 0 aliphatic heterocycles. The van der Waals surface area contributed by atoms with Crippen LogP contribution in [-0.4, -0.2) is 43.7 Å². The van der Waals surface area contributed by atoms with Crippen LogP contribution in [0.25, 0.3) is 22.8 Å². The minimum Gasteiger partial charge on any atom is -0.496 e. The van der Waals surface area contributed by atoms with Crippen LogP contribution in [0.5, 0.6) is 5.75 Å². The molecule has 0 saturated carbocycles. The van der Waals surface area contributed by atoms with Gasteiger partial charge in [0.05, 0.1) is 18.4 Å². The molecular weight excluding hydrogens is 404 g/mol. The first-order chi connectivity index (χ1) is 14.7. The van der Waals surface area contributed by atoms with Gasteiger partial charge in [-0.3, -0.25) is 10.1 Å². The van der Waals surface area contributed by atoms with Gasteiger partial charge in [0.25, 0.3) is 0 Å². The summed E-state index contributed by atoms with van der Waals surface area (Å²) in [5, 5.41) is 19.4. The van der Waals surface area contributed by atoms with E-state index in [9.17, 15) is 4.79 Å². The monoisotopic (exact) mass is 422 g/mol. The number of hydrogen-bond donors (Lipinski definition) is 1. The second kappa shape index (κ2) is 8.78. The van der Waals surface area contributed by atoms with Gasteiger partial charge in [-0.25, -0.2) is 0 Å². The van der Waals surface area contributed by atoms with E-state index in [2.05, 4.69) is 25.7 Å². The van der Waals surface area contributed by atoms with Gasteiger partial charge in [0.2, 0.25) is 11.8 Å². The number of ether oxygens (including phenoxy) is 1. The number of carbonyl (C=O) groups excluding carboxylic acids is 1. The molecule has 10 heteroatoms. The van der Waals surface area contributed by atoms with Crippen LogP contribution in [0.2, 0.25) is 0 Å². The molecule has 0 spiro atoms. The van der Waals surface area contributed by atoms with Crippen LogP contribution in [0.4, 0.5) is 6.01 Å². The van der Waals surface area contributed by atoms with E-state index >= 15 is 0 Å². The Bertz CT molecular complexity index is 1160. The minimum absolute atomic E-state index is 0.0483. The van der Waals surface area contributed by atoms with Gasteiger partial charge in [-0.15, -0.1) is 15.3 Å². The third-order valence-corrected chi connectivity index (χ3v) is 5.23. The van der Waals surface area contributed by atoms with Crippen LogP contribution in [-0.2, 0) is 11.8 Å².